The van der Waals surface area contributed by atoms with Crippen molar-refractivity contribution in [3.8, 4) is 11.1 Å². The first-order valence-corrected chi connectivity index (χ1v) is 7.01. The zero-order valence-electron chi connectivity index (χ0n) is 9.50. The second kappa shape index (κ2) is 5.67. The Bertz CT molecular complexity index is 638. The summed E-state index contributed by atoms with van der Waals surface area (Å²) in [4.78, 5) is 0. The summed E-state index contributed by atoms with van der Waals surface area (Å²) >= 11 is 30.0. The van der Waals surface area contributed by atoms with Gasteiger partial charge in [-0.1, -0.05) is 70.1 Å². The van der Waals surface area contributed by atoms with Gasteiger partial charge < -0.3 is 0 Å². The number of halogens is 6. The largest absolute Gasteiger partial charge is 0.206 e. The van der Waals surface area contributed by atoms with E-state index >= 15 is 0 Å². The predicted molar refractivity (Wildman–Crippen MR) is 81.6 cm³/mol. The van der Waals surface area contributed by atoms with Crippen molar-refractivity contribution in [1.82, 2.24) is 0 Å². The van der Waals surface area contributed by atoms with Gasteiger partial charge in [0.25, 0.3) is 0 Å². The van der Waals surface area contributed by atoms with Gasteiger partial charge in [-0.05, 0) is 18.6 Å². The van der Waals surface area contributed by atoms with E-state index in [-0.39, 0.29) is 36.2 Å². The predicted octanol–water partition coefficient (Wildman–Crippen LogP) is 7.07. The van der Waals surface area contributed by atoms with Gasteiger partial charge in [0, 0.05) is 11.1 Å². The Kier molecular flexibility index (Phi) is 4.54. The smallest absolute Gasteiger partial charge is 0.131 e. The van der Waals surface area contributed by atoms with Gasteiger partial charge in [-0.15, -0.1) is 0 Å². The van der Waals surface area contributed by atoms with E-state index in [0.29, 0.717) is 0 Å². The van der Waals surface area contributed by atoms with Crippen LogP contribution in [0.1, 0.15) is 5.56 Å². The Hall–Kier alpha value is -0.180. The van der Waals surface area contributed by atoms with Crippen molar-refractivity contribution in [3.63, 3.8) is 0 Å². The maximum Gasteiger partial charge on any atom is 0.131 e. The molecule has 2 aromatic rings. The Morgan fingerprint density at radius 3 is 1.74 bits per heavy atom. The molecule has 0 N–H and O–H groups in total. The van der Waals surface area contributed by atoms with Crippen molar-refractivity contribution in [3.05, 3.63) is 54.7 Å². The molecule has 6 heteroatoms. The van der Waals surface area contributed by atoms with Gasteiger partial charge in [-0.3, -0.25) is 0 Å². The lowest BCUT2D eigenvalue weighted by molar-refractivity contribution is 0.630. The third kappa shape index (κ3) is 2.68. The minimum atomic E-state index is -0.460. The van der Waals surface area contributed by atoms with Crippen molar-refractivity contribution in [2.45, 2.75) is 6.92 Å². The van der Waals surface area contributed by atoms with Crippen LogP contribution in [0.3, 0.4) is 0 Å². The molecule has 19 heavy (non-hydrogen) atoms. The molecule has 0 heterocycles. The van der Waals surface area contributed by atoms with Gasteiger partial charge in [0.05, 0.1) is 25.1 Å². The third-order valence-corrected chi connectivity index (χ3v) is 4.88. The van der Waals surface area contributed by atoms with Crippen molar-refractivity contribution in [2.24, 2.45) is 0 Å². The average Bonchev–Trinajstić information content (AvgIpc) is 2.37. The Morgan fingerprint density at radius 2 is 1.26 bits per heavy atom. The van der Waals surface area contributed by atoms with Crippen LogP contribution in [0.4, 0.5) is 4.39 Å². The highest BCUT2D eigenvalue weighted by Crippen LogP contribution is 2.48. The minimum Gasteiger partial charge on any atom is -0.206 e. The highest BCUT2D eigenvalue weighted by atomic mass is 35.5. The Balaban J connectivity index is 2.83. The maximum atomic E-state index is 14.0. The van der Waals surface area contributed by atoms with Gasteiger partial charge in [-0.2, -0.15) is 0 Å². The quantitative estimate of drug-likeness (QED) is 0.378. The summed E-state index contributed by atoms with van der Waals surface area (Å²) < 4.78 is 14.0. The lowest BCUT2D eigenvalue weighted by Crippen LogP contribution is -1.91. The van der Waals surface area contributed by atoms with Gasteiger partial charge in [0.15, 0.2) is 0 Å². The fourth-order valence-electron chi connectivity index (χ4n) is 1.66. The fourth-order valence-corrected chi connectivity index (χ4v) is 3.01. The molecule has 0 saturated carbocycles. The summed E-state index contributed by atoms with van der Waals surface area (Å²) in [6.45, 7) is 1.78. The van der Waals surface area contributed by atoms with Gasteiger partial charge in [0.1, 0.15) is 5.82 Å². The van der Waals surface area contributed by atoms with Crippen molar-refractivity contribution < 1.29 is 4.39 Å². The van der Waals surface area contributed by atoms with Crippen molar-refractivity contribution in [2.75, 3.05) is 0 Å². The zero-order valence-corrected chi connectivity index (χ0v) is 13.3. The van der Waals surface area contributed by atoms with Gasteiger partial charge in [0.2, 0.25) is 0 Å². The fraction of sp³-hybridized carbons (Fsp3) is 0.0769. The van der Waals surface area contributed by atoms with E-state index in [4.69, 9.17) is 58.0 Å². The molecule has 0 radical (unpaired) electrons. The van der Waals surface area contributed by atoms with E-state index in [1.54, 1.807) is 19.1 Å². The maximum absolute atomic E-state index is 14.0. The number of hydrogen-bond donors (Lipinski definition) is 0. The molecular formula is C13H6Cl5F. The van der Waals surface area contributed by atoms with Crippen LogP contribution >= 0.6 is 58.0 Å². The van der Waals surface area contributed by atoms with Crippen LogP contribution in [-0.4, -0.2) is 0 Å². The van der Waals surface area contributed by atoms with E-state index < -0.39 is 5.82 Å². The molecule has 0 aliphatic carbocycles. The SMILES string of the molecule is Cc1ccc(-c2c(Cl)c(Cl)c(Cl)c(Cl)c2Cl)c(F)c1. The average molecular weight is 358 g/mol. The molecule has 0 nitrogen and oxygen atoms in total. The van der Waals surface area contributed by atoms with Crippen LogP contribution in [0, 0.1) is 12.7 Å². The number of rotatable bonds is 1. The van der Waals surface area contributed by atoms with Crippen LogP contribution < -0.4 is 0 Å². The minimum absolute atomic E-state index is 0.0488. The highest BCUT2D eigenvalue weighted by Gasteiger charge is 2.22. The lowest BCUT2D eigenvalue weighted by atomic mass is 10.0. The summed E-state index contributed by atoms with van der Waals surface area (Å²) in [7, 11) is 0. The molecule has 2 rings (SSSR count). The first-order valence-electron chi connectivity index (χ1n) is 5.12. The third-order valence-electron chi connectivity index (χ3n) is 2.60. The molecule has 0 aromatic heterocycles. The Labute approximate surface area is 135 Å². The number of hydrogen-bond acceptors (Lipinski definition) is 0. The summed E-state index contributed by atoms with van der Waals surface area (Å²) in [6, 6.07) is 4.68. The number of aryl methyl sites for hydroxylation is 1. The summed E-state index contributed by atoms with van der Waals surface area (Å²) in [6.07, 6.45) is 0. The molecule has 0 saturated heterocycles. The summed E-state index contributed by atoms with van der Waals surface area (Å²) in [5, 5.41) is 0.294. The molecule has 0 unspecified atom stereocenters. The second-order valence-corrected chi connectivity index (χ2v) is 5.82. The van der Waals surface area contributed by atoms with Crippen molar-refractivity contribution >= 4 is 58.0 Å². The zero-order chi connectivity index (χ0) is 14.3. The lowest BCUT2D eigenvalue weighted by Gasteiger charge is -2.13. The van der Waals surface area contributed by atoms with E-state index in [2.05, 4.69) is 0 Å². The standard InChI is InChI=1S/C13H6Cl5F/c1-5-2-3-6(7(19)4-5)8-9(14)11(16)13(18)12(17)10(8)15/h2-4H,1H3. The molecule has 0 atom stereocenters. The molecule has 2 aromatic carbocycles. The molecular weight excluding hydrogens is 352 g/mol. The number of benzene rings is 2. The first kappa shape index (κ1) is 15.2. The van der Waals surface area contributed by atoms with Crippen LogP contribution in [0.5, 0.6) is 0 Å². The van der Waals surface area contributed by atoms with Crippen LogP contribution in [-0.2, 0) is 0 Å². The summed E-state index contributed by atoms with van der Waals surface area (Å²) in [5.74, 6) is -0.460. The molecule has 0 aliphatic rings. The van der Waals surface area contributed by atoms with Gasteiger partial charge >= 0.3 is 0 Å². The molecule has 0 aliphatic heterocycles. The normalized spacial score (nSPS) is 10.9. The molecule has 0 spiro atoms. The molecule has 100 valence electrons. The van der Waals surface area contributed by atoms with Crippen LogP contribution in [0.2, 0.25) is 25.1 Å². The molecule has 0 fully saturated rings. The van der Waals surface area contributed by atoms with E-state index in [9.17, 15) is 4.39 Å². The monoisotopic (exact) mass is 356 g/mol. The molecule has 0 bridgehead atoms. The van der Waals surface area contributed by atoms with Gasteiger partial charge in [-0.25, -0.2) is 4.39 Å². The van der Waals surface area contributed by atoms with E-state index in [0.717, 1.165) is 5.56 Å². The highest BCUT2D eigenvalue weighted by molar-refractivity contribution is 6.56. The van der Waals surface area contributed by atoms with Crippen molar-refractivity contribution in [1.29, 1.82) is 0 Å². The van der Waals surface area contributed by atoms with Crippen LogP contribution in [0.25, 0.3) is 11.1 Å². The molecule has 0 amide bonds. The summed E-state index contributed by atoms with van der Waals surface area (Å²) in [5.41, 5.74) is 1.24. The van der Waals surface area contributed by atoms with E-state index in [1.807, 2.05) is 0 Å². The van der Waals surface area contributed by atoms with E-state index in [1.165, 1.54) is 6.07 Å². The Morgan fingerprint density at radius 1 is 0.789 bits per heavy atom. The first-order chi connectivity index (χ1) is 8.84. The topological polar surface area (TPSA) is 0 Å². The second-order valence-electron chi connectivity index (χ2n) is 3.93. The van der Waals surface area contributed by atoms with Crippen LogP contribution in [0.15, 0.2) is 18.2 Å².